The van der Waals surface area contributed by atoms with Gasteiger partial charge in [0, 0.05) is 13.7 Å². The standard InChI is InChI=1S/C5H12NO5P/c1-11-12(9,10)3-2-6-4-5(7)8/h6H,2-4H2,1H3,(H,7,8)(H,9,10). The van der Waals surface area contributed by atoms with Gasteiger partial charge in [0.25, 0.3) is 0 Å². The number of hydrogen-bond donors (Lipinski definition) is 3. The van der Waals surface area contributed by atoms with Crippen molar-refractivity contribution in [3.63, 3.8) is 0 Å². The summed E-state index contributed by atoms with van der Waals surface area (Å²) in [5.74, 6) is -1.000. The van der Waals surface area contributed by atoms with Crippen molar-refractivity contribution in [3.8, 4) is 0 Å². The van der Waals surface area contributed by atoms with Gasteiger partial charge in [0.1, 0.15) is 0 Å². The zero-order valence-corrected chi connectivity index (χ0v) is 7.58. The highest BCUT2D eigenvalue weighted by Gasteiger charge is 2.15. The zero-order chi connectivity index (χ0) is 9.61. The second-order valence-corrected chi connectivity index (χ2v) is 4.20. The van der Waals surface area contributed by atoms with Crippen LogP contribution in [0.4, 0.5) is 0 Å². The molecule has 0 saturated heterocycles. The molecule has 0 spiro atoms. The summed E-state index contributed by atoms with van der Waals surface area (Å²) in [6.45, 7) is -0.0718. The summed E-state index contributed by atoms with van der Waals surface area (Å²) >= 11 is 0. The van der Waals surface area contributed by atoms with Crippen molar-refractivity contribution >= 4 is 13.6 Å². The highest BCUT2D eigenvalue weighted by atomic mass is 31.2. The molecule has 1 unspecified atom stereocenters. The Morgan fingerprint density at radius 3 is 2.67 bits per heavy atom. The van der Waals surface area contributed by atoms with Gasteiger partial charge in [0.15, 0.2) is 0 Å². The van der Waals surface area contributed by atoms with Crippen LogP contribution in [-0.4, -0.2) is 42.3 Å². The molecule has 0 rings (SSSR count). The highest BCUT2D eigenvalue weighted by Crippen LogP contribution is 2.39. The van der Waals surface area contributed by atoms with Crippen LogP contribution in [-0.2, 0) is 13.9 Å². The van der Waals surface area contributed by atoms with E-state index in [0.717, 1.165) is 7.11 Å². The van der Waals surface area contributed by atoms with Crippen LogP contribution in [0.15, 0.2) is 0 Å². The van der Waals surface area contributed by atoms with E-state index < -0.39 is 13.6 Å². The predicted octanol–water partition coefficient (Wildman–Crippen LogP) is -0.508. The van der Waals surface area contributed by atoms with Crippen LogP contribution in [0.1, 0.15) is 0 Å². The minimum absolute atomic E-state index is 0.0865. The first-order chi connectivity index (χ1) is 5.48. The van der Waals surface area contributed by atoms with Crippen molar-refractivity contribution in [1.82, 2.24) is 5.32 Å². The molecular weight excluding hydrogens is 185 g/mol. The Hall–Kier alpha value is -0.420. The zero-order valence-electron chi connectivity index (χ0n) is 6.69. The lowest BCUT2D eigenvalue weighted by atomic mass is 10.6. The molecule has 0 fully saturated rings. The number of aliphatic carboxylic acids is 1. The van der Waals surface area contributed by atoms with Gasteiger partial charge in [-0.15, -0.1) is 0 Å². The van der Waals surface area contributed by atoms with E-state index in [1.807, 2.05) is 0 Å². The van der Waals surface area contributed by atoms with E-state index in [2.05, 4.69) is 9.84 Å². The normalized spacial score (nSPS) is 15.5. The molecule has 3 N–H and O–H groups in total. The Morgan fingerprint density at radius 1 is 1.67 bits per heavy atom. The minimum Gasteiger partial charge on any atom is -0.480 e. The second-order valence-electron chi connectivity index (χ2n) is 2.11. The van der Waals surface area contributed by atoms with E-state index in [4.69, 9.17) is 10.00 Å². The summed E-state index contributed by atoms with van der Waals surface area (Å²) in [6, 6.07) is 0. The summed E-state index contributed by atoms with van der Waals surface area (Å²) in [7, 11) is -2.35. The Balaban J connectivity index is 3.44. The molecule has 0 aliphatic rings. The van der Waals surface area contributed by atoms with Crippen LogP contribution in [0.2, 0.25) is 0 Å². The monoisotopic (exact) mass is 197 g/mol. The van der Waals surface area contributed by atoms with Gasteiger partial charge >= 0.3 is 13.6 Å². The molecule has 0 heterocycles. The molecule has 12 heavy (non-hydrogen) atoms. The molecule has 0 aliphatic carbocycles. The first-order valence-electron chi connectivity index (χ1n) is 3.28. The fourth-order valence-corrected chi connectivity index (χ4v) is 1.13. The Labute approximate surface area is 70.1 Å². The number of carboxylic acids is 1. The summed E-state index contributed by atoms with van der Waals surface area (Å²) in [4.78, 5) is 18.8. The quantitative estimate of drug-likeness (QED) is 0.392. The van der Waals surface area contributed by atoms with Crippen molar-refractivity contribution in [2.45, 2.75) is 0 Å². The van der Waals surface area contributed by atoms with Crippen molar-refractivity contribution in [2.75, 3.05) is 26.4 Å². The molecule has 7 heteroatoms. The highest BCUT2D eigenvalue weighted by molar-refractivity contribution is 7.52. The molecule has 1 atom stereocenters. The average molecular weight is 197 g/mol. The number of nitrogens with one attached hydrogen (secondary N) is 1. The van der Waals surface area contributed by atoms with Gasteiger partial charge in [0.05, 0.1) is 12.7 Å². The maximum Gasteiger partial charge on any atom is 0.329 e. The van der Waals surface area contributed by atoms with E-state index in [-0.39, 0.29) is 19.3 Å². The molecule has 0 bridgehead atoms. The summed E-state index contributed by atoms with van der Waals surface area (Å²) in [5.41, 5.74) is 0. The molecule has 0 saturated carbocycles. The molecule has 0 aliphatic heterocycles. The van der Waals surface area contributed by atoms with Crippen molar-refractivity contribution < 1.29 is 23.9 Å². The largest absolute Gasteiger partial charge is 0.480 e. The maximum absolute atomic E-state index is 10.8. The molecule has 0 aromatic heterocycles. The van der Waals surface area contributed by atoms with Crippen LogP contribution in [0.5, 0.6) is 0 Å². The van der Waals surface area contributed by atoms with Gasteiger partial charge in [-0.2, -0.15) is 0 Å². The number of carboxylic acid groups (broad SMARTS) is 1. The van der Waals surface area contributed by atoms with Crippen molar-refractivity contribution in [2.24, 2.45) is 0 Å². The molecule has 0 radical (unpaired) electrons. The fraction of sp³-hybridized carbons (Fsp3) is 0.800. The lowest BCUT2D eigenvalue weighted by Gasteiger charge is -2.07. The van der Waals surface area contributed by atoms with E-state index >= 15 is 0 Å². The van der Waals surface area contributed by atoms with E-state index in [0.29, 0.717) is 0 Å². The van der Waals surface area contributed by atoms with E-state index in [9.17, 15) is 9.36 Å². The summed E-state index contributed by atoms with van der Waals surface area (Å²) in [5, 5.41) is 10.6. The van der Waals surface area contributed by atoms with E-state index in [1.54, 1.807) is 0 Å². The first-order valence-corrected chi connectivity index (χ1v) is 5.04. The molecule has 0 aromatic carbocycles. The third kappa shape index (κ3) is 6.30. The Bertz CT molecular complexity index is 194. The van der Waals surface area contributed by atoms with Gasteiger partial charge in [0.2, 0.25) is 0 Å². The predicted molar refractivity (Wildman–Crippen MR) is 42.2 cm³/mol. The number of rotatable bonds is 6. The molecule has 6 nitrogen and oxygen atoms in total. The molecule has 72 valence electrons. The minimum atomic E-state index is -3.49. The topological polar surface area (TPSA) is 95.9 Å². The van der Waals surface area contributed by atoms with Gasteiger partial charge < -0.3 is 19.8 Å². The van der Waals surface area contributed by atoms with Crippen molar-refractivity contribution in [1.29, 1.82) is 0 Å². The SMILES string of the molecule is COP(=O)(O)CCNCC(=O)O. The van der Waals surface area contributed by atoms with Crippen LogP contribution >= 0.6 is 7.60 Å². The lowest BCUT2D eigenvalue weighted by molar-refractivity contribution is -0.135. The average Bonchev–Trinajstić information content (AvgIpc) is 1.98. The fourth-order valence-electron chi connectivity index (χ4n) is 0.507. The number of hydrogen-bond acceptors (Lipinski definition) is 4. The Kier molecular flexibility index (Phi) is 5.08. The first kappa shape index (κ1) is 11.6. The third-order valence-corrected chi connectivity index (χ3v) is 2.49. The smallest absolute Gasteiger partial charge is 0.329 e. The van der Waals surface area contributed by atoms with Gasteiger partial charge in [-0.3, -0.25) is 9.36 Å². The maximum atomic E-state index is 10.8. The number of carbonyl (C=O) groups is 1. The van der Waals surface area contributed by atoms with Crippen LogP contribution in [0, 0.1) is 0 Å². The lowest BCUT2D eigenvalue weighted by Crippen LogP contribution is -2.25. The molecule has 0 aromatic rings. The second kappa shape index (κ2) is 5.27. The van der Waals surface area contributed by atoms with Crippen LogP contribution in [0.25, 0.3) is 0 Å². The summed E-state index contributed by atoms with van der Waals surface area (Å²) in [6.07, 6.45) is -0.0865. The van der Waals surface area contributed by atoms with Crippen LogP contribution in [0.3, 0.4) is 0 Å². The Morgan fingerprint density at radius 2 is 2.25 bits per heavy atom. The van der Waals surface area contributed by atoms with Gasteiger partial charge in [-0.25, -0.2) is 0 Å². The van der Waals surface area contributed by atoms with Gasteiger partial charge in [-0.05, 0) is 0 Å². The van der Waals surface area contributed by atoms with Crippen molar-refractivity contribution in [3.05, 3.63) is 0 Å². The molecule has 0 amide bonds. The third-order valence-electron chi connectivity index (χ3n) is 1.13. The van der Waals surface area contributed by atoms with Gasteiger partial charge in [-0.1, -0.05) is 0 Å². The molecular formula is C5H12NO5P. The summed E-state index contributed by atoms with van der Waals surface area (Å²) < 4.78 is 15.0. The van der Waals surface area contributed by atoms with Crippen LogP contribution < -0.4 is 5.32 Å². The van der Waals surface area contributed by atoms with E-state index in [1.165, 1.54) is 0 Å².